The monoisotopic (exact) mass is 299 g/mol. The van der Waals surface area contributed by atoms with Crippen molar-refractivity contribution < 1.29 is 13.9 Å². The Kier molecular flexibility index (Phi) is 5.72. The minimum atomic E-state index is -0.348. The van der Waals surface area contributed by atoms with Gasteiger partial charge in [-0.15, -0.1) is 0 Å². The smallest absolute Gasteiger partial charge is 0.251 e. The zero-order valence-electron chi connectivity index (χ0n) is 12.4. The maximum Gasteiger partial charge on any atom is 0.251 e. The molecule has 114 valence electrons. The molecule has 0 saturated carbocycles. The number of carbonyl (C=O) groups is 1. The fourth-order valence-corrected chi connectivity index (χ4v) is 1.91. The third kappa shape index (κ3) is 4.74. The first-order valence-electron chi connectivity index (χ1n) is 7.03. The van der Waals surface area contributed by atoms with Gasteiger partial charge in [-0.2, -0.15) is 0 Å². The molecule has 4 heteroatoms. The van der Waals surface area contributed by atoms with Crippen molar-refractivity contribution in [1.29, 1.82) is 0 Å². The molecule has 0 radical (unpaired) electrons. The van der Waals surface area contributed by atoms with E-state index in [1.807, 2.05) is 36.4 Å². The fraction of sp³-hybridized carbons (Fsp3) is 0.167. The highest BCUT2D eigenvalue weighted by molar-refractivity contribution is 5.94. The first-order valence-corrected chi connectivity index (χ1v) is 7.03. The van der Waals surface area contributed by atoms with Gasteiger partial charge in [0.25, 0.3) is 5.91 Å². The van der Waals surface area contributed by atoms with Crippen LogP contribution in [0.2, 0.25) is 0 Å². The topological polar surface area (TPSA) is 38.3 Å². The maximum atomic E-state index is 12.8. The molecule has 2 rings (SSSR count). The Bertz CT molecular complexity index is 633. The molecule has 0 aromatic heterocycles. The molecule has 2 aromatic rings. The zero-order chi connectivity index (χ0) is 15.8. The van der Waals surface area contributed by atoms with Crippen molar-refractivity contribution in [3.05, 3.63) is 71.6 Å². The van der Waals surface area contributed by atoms with Crippen molar-refractivity contribution in [3.63, 3.8) is 0 Å². The fourth-order valence-electron chi connectivity index (χ4n) is 1.91. The van der Waals surface area contributed by atoms with Crippen LogP contribution in [-0.4, -0.2) is 19.6 Å². The lowest BCUT2D eigenvalue weighted by atomic mass is 10.2. The average molecular weight is 299 g/mol. The molecule has 0 heterocycles. The second kappa shape index (κ2) is 7.98. The number of hydrogen-bond donors (Lipinski definition) is 1. The molecule has 0 aliphatic heterocycles. The summed E-state index contributed by atoms with van der Waals surface area (Å²) in [5, 5.41) is 2.79. The van der Waals surface area contributed by atoms with Gasteiger partial charge in [-0.25, -0.2) is 4.39 Å². The molecule has 0 atom stereocenters. The predicted octanol–water partition coefficient (Wildman–Crippen LogP) is 3.67. The van der Waals surface area contributed by atoms with Gasteiger partial charge in [0.2, 0.25) is 0 Å². The Morgan fingerprint density at radius 1 is 1.14 bits per heavy atom. The maximum absolute atomic E-state index is 12.8. The van der Waals surface area contributed by atoms with E-state index in [0.717, 1.165) is 17.7 Å². The molecule has 0 bridgehead atoms. The highest BCUT2D eigenvalue weighted by Gasteiger charge is 2.03. The number of hydrogen-bond acceptors (Lipinski definition) is 2. The summed E-state index contributed by atoms with van der Waals surface area (Å²) in [4.78, 5) is 11.8. The molecule has 2 aromatic carbocycles. The van der Waals surface area contributed by atoms with Gasteiger partial charge in [0.05, 0.1) is 7.11 Å². The summed E-state index contributed by atoms with van der Waals surface area (Å²) in [5.74, 6) is 0.278. The van der Waals surface area contributed by atoms with E-state index in [4.69, 9.17) is 4.74 Å². The predicted molar refractivity (Wildman–Crippen MR) is 85.4 cm³/mol. The molecule has 0 aliphatic rings. The number of benzene rings is 2. The van der Waals surface area contributed by atoms with Gasteiger partial charge in [0.15, 0.2) is 0 Å². The van der Waals surface area contributed by atoms with E-state index in [1.165, 1.54) is 24.3 Å². The van der Waals surface area contributed by atoms with Crippen LogP contribution < -0.4 is 10.1 Å². The lowest BCUT2D eigenvalue weighted by Gasteiger charge is -2.03. The van der Waals surface area contributed by atoms with Crippen molar-refractivity contribution in [2.24, 2.45) is 0 Å². The molecule has 1 N–H and O–H groups in total. The number of halogens is 1. The first kappa shape index (κ1) is 15.8. The van der Waals surface area contributed by atoms with Crippen LogP contribution in [0.5, 0.6) is 5.75 Å². The number of nitrogens with one attached hydrogen (secondary N) is 1. The molecular weight excluding hydrogens is 281 g/mol. The molecule has 0 aliphatic carbocycles. The lowest BCUT2D eigenvalue weighted by molar-refractivity contribution is 0.0954. The molecule has 0 saturated heterocycles. The van der Waals surface area contributed by atoms with Crippen molar-refractivity contribution in [3.8, 4) is 5.75 Å². The van der Waals surface area contributed by atoms with Gasteiger partial charge in [-0.1, -0.05) is 24.3 Å². The number of methoxy groups -OCH3 is 1. The van der Waals surface area contributed by atoms with Gasteiger partial charge >= 0.3 is 0 Å². The van der Waals surface area contributed by atoms with Crippen LogP contribution in [-0.2, 0) is 0 Å². The van der Waals surface area contributed by atoms with E-state index in [2.05, 4.69) is 5.32 Å². The van der Waals surface area contributed by atoms with Crippen LogP contribution in [0.3, 0.4) is 0 Å². The standard InChI is InChI=1S/C18H18FNO2/c1-22-17-11-5-14(6-12-17)4-2-3-13-20-18(21)15-7-9-16(19)10-8-15/h2,4-12H,3,13H2,1H3,(H,20,21)/b4-2+. The summed E-state index contributed by atoms with van der Waals surface area (Å²) in [6.07, 6.45) is 4.70. The Hall–Kier alpha value is -2.62. The highest BCUT2D eigenvalue weighted by atomic mass is 19.1. The number of ether oxygens (including phenoxy) is 1. The van der Waals surface area contributed by atoms with E-state index in [-0.39, 0.29) is 11.7 Å². The van der Waals surface area contributed by atoms with Crippen molar-refractivity contribution in [1.82, 2.24) is 5.32 Å². The second-order valence-corrected chi connectivity index (χ2v) is 4.73. The second-order valence-electron chi connectivity index (χ2n) is 4.73. The Morgan fingerprint density at radius 3 is 2.45 bits per heavy atom. The van der Waals surface area contributed by atoms with Crippen molar-refractivity contribution in [2.75, 3.05) is 13.7 Å². The number of amides is 1. The summed E-state index contributed by atoms with van der Waals surface area (Å²) < 4.78 is 17.9. The van der Waals surface area contributed by atoms with Crippen LogP contribution in [0.4, 0.5) is 4.39 Å². The van der Waals surface area contributed by atoms with Crippen molar-refractivity contribution >= 4 is 12.0 Å². The number of carbonyl (C=O) groups excluding carboxylic acids is 1. The average Bonchev–Trinajstić information content (AvgIpc) is 2.55. The third-order valence-electron chi connectivity index (χ3n) is 3.13. The number of rotatable bonds is 6. The summed E-state index contributed by atoms with van der Waals surface area (Å²) in [6.45, 7) is 0.531. The van der Waals surface area contributed by atoms with E-state index in [9.17, 15) is 9.18 Å². The molecule has 0 spiro atoms. The summed E-state index contributed by atoms with van der Waals surface area (Å²) in [6, 6.07) is 13.2. The van der Waals surface area contributed by atoms with Gasteiger partial charge < -0.3 is 10.1 Å². The van der Waals surface area contributed by atoms with Crippen LogP contribution in [0.25, 0.3) is 6.08 Å². The molecular formula is C18H18FNO2. The quantitative estimate of drug-likeness (QED) is 0.827. The Morgan fingerprint density at radius 2 is 1.82 bits per heavy atom. The third-order valence-corrected chi connectivity index (χ3v) is 3.13. The van der Waals surface area contributed by atoms with Crippen molar-refractivity contribution in [2.45, 2.75) is 6.42 Å². The highest BCUT2D eigenvalue weighted by Crippen LogP contribution is 2.12. The molecule has 1 amide bonds. The summed E-state index contributed by atoms with van der Waals surface area (Å²) in [7, 11) is 1.63. The summed E-state index contributed by atoms with van der Waals surface area (Å²) >= 11 is 0. The minimum absolute atomic E-state index is 0.196. The summed E-state index contributed by atoms with van der Waals surface area (Å²) in [5.41, 5.74) is 1.53. The van der Waals surface area contributed by atoms with Crippen LogP contribution in [0.15, 0.2) is 54.6 Å². The van der Waals surface area contributed by atoms with Crippen LogP contribution in [0, 0.1) is 5.82 Å². The molecule has 22 heavy (non-hydrogen) atoms. The zero-order valence-corrected chi connectivity index (χ0v) is 12.4. The molecule has 0 unspecified atom stereocenters. The van der Waals surface area contributed by atoms with Gasteiger partial charge in [-0.3, -0.25) is 4.79 Å². The van der Waals surface area contributed by atoms with E-state index in [0.29, 0.717) is 12.1 Å². The van der Waals surface area contributed by atoms with Gasteiger partial charge in [-0.05, 0) is 48.4 Å². The molecule has 0 fully saturated rings. The van der Waals surface area contributed by atoms with E-state index >= 15 is 0 Å². The van der Waals surface area contributed by atoms with Crippen LogP contribution in [0.1, 0.15) is 22.3 Å². The minimum Gasteiger partial charge on any atom is -0.497 e. The van der Waals surface area contributed by atoms with Crippen LogP contribution >= 0.6 is 0 Å². The SMILES string of the molecule is COc1ccc(/C=C/CCNC(=O)c2ccc(F)cc2)cc1. The van der Waals surface area contributed by atoms with E-state index in [1.54, 1.807) is 7.11 Å². The van der Waals surface area contributed by atoms with Gasteiger partial charge in [0, 0.05) is 12.1 Å². The van der Waals surface area contributed by atoms with E-state index < -0.39 is 0 Å². The lowest BCUT2D eigenvalue weighted by Crippen LogP contribution is -2.23. The normalized spacial score (nSPS) is 10.6. The Balaban J connectivity index is 1.75. The van der Waals surface area contributed by atoms with Gasteiger partial charge in [0.1, 0.15) is 11.6 Å². The Labute approximate surface area is 129 Å². The first-order chi connectivity index (χ1) is 10.7. The largest absolute Gasteiger partial charge is 0.497 e. The molecule has 3 nitrogen and oxygen atoms in total.